The summed E-state index contributed by atoms with van der Waals surface area (Å²) < 4.78 is 0. The molecule has 1 amide bonds. The highest BCUT2D eigenvalue weighted by Gasteiger charge is 2.13. The molecule has 2 rings (SSSR count). The molecule has 1 aromatic heterocycles. The van der Waals surface area contributed by atoms with Crippen LogP contribution in [0.15, 0.2) is 36.4 Å². The highest BCUT2D eigenvalue weighted by Crippen LogP contribution is 2.11. The fraction of sp³-hybridized carbons (Fsp3) is 0.214. The molecule has 0 bridgehead atoms. The molecule has 0 saturated carbocycles. The van der Waals surface area contributed by atoms with Crippen LogP contribution in [0.2, 0.25) is 0 Å². The molecule has 0 aliphatic rings. The number of aliphatic hydroxyl groups is 1. The Kier molecular flexibility index (Phi) is 4.27. The summed E-state index contributed by atoms with van der Waals surface area (Å²) in [4.78, 5) is 26.5. The van der Waals surface area contributed by atoms with Crippen molar-refractivity contribution in [1.82, 2.24) is 10.3 Å². The number of amides is 1. The van der Waals surface area contributed by atoms with Crippen LogP contribution in [0.5, 0.6) is 0 Å². The summed E-state index contributed by atoms with van der Waals surface area (Å²) >= 11 is 0. The smallest absolute Gasteiger partial charge is 0.332 e. The minimum absolute atomic E-state index is 0.0470. The van der Waals surface area contributed by atoms with Crippen LogP contribution in [0.1, 0.15) is 16.9 Å². The van der Waals surface area contributed by atoms with E-state index in [1.165, 1.54) is 0 Å². The number of carbonyl (C=O) groups excluding carboxylic acids is 1. The molecule has 6 nitrogen and oxygen atoms in total. The molecule has 6 heteroatoms. The molecular formula is C14H14N2O4. The lowest BCUT2D eigenvalue weighted by Crippen LogP contribution is -2.30. The van der Waals surface area contributed by atoms with Crippen molar-refractivity contribution in [3.8, 4) is 0 Å². The number of para-hydroxylation sites is 1. The number of fused-ring (bicyclic) bond motifs is 1. The number of aromatic nitrogens is 1. The van der Waals surface area contributed by atoms with Crippen molar-refractivity contribution >= 4 is 22.8 Å². The van der Waals surface area contributed by atoms with Crippen LogP contribution in [0.3, 0.4) is 0 Å². The number of carboxylic acids is 1. The SMILES string of the molecule is O=C(NCCC(O)C(=O)O)c1ccc2ccccc2n1. The van der Waals surface area contributed by atoms with Gasteiger partial charge in [0.05, 0.1) is 5.52 Å². The molecular weight excluding hydrogens is 260 g/mol. The standard InChI is InChI=1S/C14H14N2O4/c17-12(14(19)20)7-8-15-13(18)11-6-5-9-3-1-2-4-10(9)16-11/h1-6,12,17H,7-8H2,(H,15,18)(H,19,20). The van der Waals surface area contributed by atoms with E-state index in [1.807, 2.05) is 18.2 Å². The average molecular weight is 274 g/mol. The zero-order chi connectivity index (χ0) is 14.5. The Labute approximate surface area is 115 Å². The number of pyridine rings is 1. The molecule has 3 N–H and O–H groups in total. The van der Waals surface area contributed by atoms with Crippen molar-refractivity contribution < 1.29 is 19.8 Å². The van der Waals surface area contributed by atoms with Crippen LogP contribution in [-0.2, 0) is 4.79 Å². The van der Waals surface area contributed by atoms with Crippen LogP contribution in [0.25, 0.3) is 10.9 Å². The Morgan fingerprint density at radius 2 is 1.95 bits per heavy atom. The van der Waals surface area contributed by atoms with Gasteiger partial charge < -0.3 is 15.5 Å². The summed E-state index contributed by atoms with van der Waals surface area (Å²) in [5.74, 6) is -1.70. The first-order chi connectivity index (χ1) is 9.58. The van der Waals surface area contributed by atoms with Crippen molar-refractivity contribution in [3.05, 3.63) is 42.1 Å². The molecule has 0 saturated heterocycles. The van der Waals surface area contributed by atoms with Crippen molar-refractivity contribution in [1.29, 1.82) is 0 Å². The maximum Gasteiger partial charge on any atom is 0.332 e. The summed E-state index contributed by atoms with van der Waals surface area (Å²) in [5, 5.41) is 21.1. The maximum absolute atomic E-state index is 11.8. The van der Waals surface area contributed by atoms with Crippen LogP contribution in [0.4, 0.5) is 0 Å². The van der Waals surface area contributed by atoms with Crippen LogP contribution in [0, 0.1) is 0 Å². The molecule has 0 fully saturated rings. The summed E-state index contributed by atoms with van der Waals surface area (Å²) in [6.45, 7) is 0.0702. The molecule has 104 valence electrons. The number of nitrogens with zero attached hydrogens (tertiary/aromatic N) is 1. The topological polar surface area (TPSA) is 99.5 Å². The lowest BCUT2D eigenvalue weighted by molar-refractivity contribution is -0.146. The van der Waals surface area contributed by atoms with Gasteiger partial charge in [0.1, 0.15) is 5.69 Å². The third kappa shape index (κ3) is 3.30. The Balaban J connectivity index is 1.99. The molecule has 1 atom stereocenters. The van der Waals surface area contributed by atoms with E-state index < -0.39 is 18.0 Å². The van der Waals surface area contributed by atoms with E-state index in [2.05, 4.69) is 10.3 Å². The summed E-state index contributed by atoms with van der Waals surface area (Å²) in [6, 6.07) is 10.8. The zero-order valence-corrected chi connectivity index (χ0v) is 10.6. The fourth-order valence-electron chi connectivity index (χ4n) is 1.73. The normalized spacial score (nSPS) is 12.1. The molecule has 1 aromatic carbocycles. The lowest BCUT2D eigenvalue weighted by Gasteiger charge is -2.07. The monoisotopic (exact) mass is 274 g/mol. The predicted molar refractivity (Wildman–Crippen MR) is 72.3 cm³/mol. The largest absolute Gasteiger partial charge is 0.479 e. The van der Waals surface area contributed by atoms with E-state index in [1.54, 1.807) is 18.2 Å². The van der Waals surface area contributed by atoms with Crippen LogP contribution >= 0.6 is 0 Å². The third-order valence-corrected chi connectivity index (χ3v) is 2.82. The van der Waals surface area contributed by atoms with E-state index in [4.69, 9.17) is 10.2 Å². The van der Waals surface area contributed by atoms with E-state index in [-0.39, 0.29) is 18.7 Å². The second kappa shape index (κ2) is 6.12. The number of hydrogen-bond acceptors (Lipinski definition) is 4. The number of rotatable bonds is 5. The summed E-state index contributed by atoms with van der Waals surface area (Å²) in [7, 11) is 0. The maximum atomic E-state index is 11.8. The number of nitrogens with one attached hydrogen (secondary N) is 1. The number of carboxylic acid groups (broad SMARTS) is 1. The van der Waals surface area contributed by atoms with Gasteiger partial charge in [-0.25, -0.2) is 9.78 Å². The minimum Gasteiger partial charge on any atom is -0.479 e. The van der Waals surface area contributed by atoms with Crippen molar-refractivity contribution in [3.63, 3.8) is 0 Å². The van der Waals surface area contributed by atoms with Gasteiger partial charge in [-0.3, -0.25) is 4.79 Å². The molecule has 0 spiro atoms. The first-order valence-electron chi connectivity index (χ1n) is 6.13. The Morgan fingerprint density at radius 1 is 1.20 bits per heavy atom. The number of aliphatic carboxylic acids is 1. The molecule has 0 aliphatic carbocycles. The Bertz CT molecular complexity index is 642. The molecule has 20 heavy (non-hydrogen) atoms. The molecule has 1 heterocycles. The molecule has 0 radical (unpaired) electrons. The second-order valence-corrected chi connectivity index (χ2v) is 4.29. The van der Waals surface area contributed by atoms with Gasteiger partial charge in [0.2, 0.25) is 0 Å². The predicted octanol–water partition coefficient (Wildman–Crippen LogP) is 0.800. The molecule has 2 aromatic rings. The van der Waals surface area contributed by atoms with Gasteiger partial charge in [0.15, 0.2) is 6.10 Å². The van der Waals surface area contributed by atoms with E-state index in [0.717, 1.165) is 5.39 Å². The quantitative estimate of drug-likeness (QED) is 0.749. The number of benzene rings is 1. The van der Waals surface area contributed by atoms with Gasteiger partial charge in [-0.15, -0.1) is 0 Å². The van der Waals surface area contributed by atoms with Crippen molar-refractivity contribution in [2.45, 2.75) is 12.5 Å². The highest BCUT2D eigenvalue weighted by molar-refractivity contribution is 5.94. The van der Waals surface area contributed by atoms with E-state index in [0.29, 0.717) is 5.52 Å². The molecule has 0 aliphatic heterocycles. The Morgan fingerprint density at radius 3 is 2.70 bits per heavy atom. The van der Waals surface area contributed by atoms with E-state index >= 15 is 0 Å². The number of hydrogen-bond donors (Lipinski definition) is 3. The van der Waals surface area contributed by atoms with E-state index in [9.17, 15) is 9.59 Å². The zero-order valence-electron chi connectivity index (χ0n) is 10.6. The number of carbonyl (C=O) groups is 2. The van der Waals surface area contributed by atoms with Crippen molar-refractivity contribution in [2.24, 2.45) is 0 Å². The summed E-state index contributed by atoms with van der Waals surface area (Å²) in [5.41, 5.74) is 0.972. The van der Waals surface area contributed by atoms with Gasteiger partial charge in [-0.05, 0) is 12.1 Å². The van der Waals surface area contributed by atoms with Gasteiger partial charge in [0.25, 0.3) is 5.91 Å². The minimum atomic E-state index is -1.47. The lowest BCUT2D eigenvalue weighted by atomic mass is 10.2. The summed E-state index contributed by atoms with van der Waals surface area (Å²) in [6.07, 6.45) is -1.52. The van der Waals surface area contributed by atoms with Crippen molar-refractivity contribution in [2.75, 3.05) is 6.54 Å². The van der Waals surface area contributed by atoms with Crippen LogP contribution < -0.4 is 5.32 Å². The van der Waals surface area contributed by atoms with Gasteiger partial charge in [-0.2, -0.15) is 0 Å². The van der Waals surface area contributed by atoms with Crippen LogP contribution in [-0.4, -0.2) is 39.7 Å². The molecule has 1 unspecified atom stereocenters. The van der Waals surface area contributed by atoms with Gasteiger partial charge >= 0.3 is 5.97 Å². The van der Waals surface area contributed by atoms with Gasteiger partial charge in [-0.1, -0.05) is 24.3 Å². The first kappa shape index (κ1) is 14.0. The number of aliphatic hydroxyl groups excluding tert-OH is 1. The van der Waals surface area contributed by atoms with Gasteiger partial charge in [0, 0.05) is 18.4 Å². The fourth-order valence-corrected chi connectivity index (χ4v) is 1.73. The average Bonchev–Trinajstić information content (AvgIpc) is 2.46. The first-order valence-corrected chi connectivity index (χ1v) is 6.13. The second-order valence-electron chi connectivity index (χ2n) is 4.29. The highest BCUT2D eigenvalue weighted by atomic mass is 16.4. The Hall–Kier alpha value is -2.47. The third-order valence-electron chi connectivity index (χ3n) is 2.82.